The first-order valence-electron chi connectivity index (χ1n) is 2.57. The zero-order valence-corrected chi connectivity index (χ0v) is 7.28. The number of hydrogen-bond donors (Lipinski definition) is 0. The predicted molar refractivity (Wildman–Crippen MR) is 45.4 cm³/mol. The summed E-state index contributed by atoms with van der Waals surface area (Å²) >= 11 is 8.90. The molecular formula is C7H3BrClN. The topological polar surface area (TPSA) is 4.36 Å². The van der Waals surface area contributed by atoms with Crippen molar-refractivity contribution in [2.24, 2.45) is 0 Å². The maximum atomic E-state index is 6.72. The fourth-order valence-corrected chi connectivity index (χ4v) is 1.10. The van der Waals surface area contributed by atoms with Crippen molar-refractivity contribution < 1.29 is 0 Å². The minimum atomic E-state index is 0.549. The van der Waals surface area contributed by atoms with Crippen LogP contribution in [0, 0.1) is 6.57 Å². The minimum Gasteiger partial charge on any atom is -0.237 e. The lowest BCUT2D eigenvalue weighted by Crippen LogP contribution is -1.66. The van der Waals surface area contributed by atoms with Crippen LogP contribution in [0.4, 0.5) is 5.69 Å². The third kappa shape index (κ3) is 1.31. The van der Waals surface area contributed by atoms with Crippen LogP contribution in [0.3, 0.4) is 0 Å². The number of nitrogens with zero attached hydrogens (tertiary/aromatic N) is 1. The molecule has 0 fully saturated rings. The number of halogens is 2. The van der Waals surface area contributed by atoms with Gasteiger partial charge in [0.1, 0.15) is 0 Å². The highest BCUT2D eigenvalue weighted by Gasteiger charge is 2.00. The second-order valence-corrected chi connectivity index (χ2v) is 2.88. The van der Waals surface area contributed by atoms with E-state index in [-0.39, 0.29) is 0 Å². The van der Waals surface area contributed by atoms with E-state index in [1.165, 1.54) is 0 Å². The van der Waals surface area contributed by atoms with Gasteiger partial charge in [0.2, 0.25) is 5.69 Å². The molecule has 1 aromatic rings. The Morgan fingerprint density at radius 1 is 1.50 bits per heavy atom. The SMILES string of the molecule is [C-]#[N+]c1cccc(Cl)c1Br. The van der Waals surface area contributed by atoms with Gasteiger partial charge in [-0.2, -0.15) is 0 Å². The zero-order valence-electron chi connectivity index (χ0n) is 4.94. The monoisotopic (exact) mass is 215 g/mol. The van der Waals surface area contributed by atoms with Gasteiger partial charge >= 0.3 is 0 Å². The molecule has 0 amide bonds. The summed E-state index contributed by atoms with van der Waals surface area (Å²) in [5.41, 5.74) is 0.549. The summed E-state index contributed by atoms with van der Waals surface area (Å²) in [6, 6.07) is 5.20. The summed E-state index contributed by atoms with van der Waals surface area (Å²) in [5.74, 6) is 0. The Hall–Kier alpha value is -0.520. The van der Waals surface area contributed by atoms with Crippen molar-refractivity contribution in [2.75, 3.05) is 0 Å². The third-order valence-electron chi connectivity index (χ3n) is 1.05. The number of rotatable bonds is 0. The molecule has 0 unspecified atom stereocenters. The molecule has 0 radical (unpaired) electrons. The van der Waals surface area contributed by atoms with E-state index in [9.17, 15) is 0 Å². The molecule has 0 aliphatic rings. The molecule has 0 spiro atoms. The highest BCUT2D eigenvalue weighted by Crippen LogP contribution is 2.31. The molecule has 0 bridgehead atoms. The summed E-state index contributed by atoms with van der Waals surface area (Å²) in [6.45, 7) is 6.72. The van der Waals surface area contributed by atoms with E-state index in [1.54, 1.807) is 18.2 Å². The van der Waals surface area contributed by atoms with Gasteiger partial charge in [-0.1, -0.05) is 39.7 Å². The van der Waals surface area contributed by atoms with Crippen molar-refractivity contribution in [2.45, 2.75) is 0 Å². The molecule has 0 N–H and O–H groups in total. The Morgan fingerprint density at radius 2 is 2.20 bits per heavy atom. The highest BCUT2D eigenvalue weighted by atomic mass is 79.9. The second-order valence-electron chi connectivity index (χ2n) is 1.68. The number of benzene rings is 1. The van der Waals surface area contributed by atoms with Gasteiger partial charge in [0, 0.05) is 9.50 Å². The van der Waals surface area contributed by atoms with Crippen LogP contribution in [0.5, 0.6) is 0 Å². The lowest BCUT2D eigenvalue weighted by molar-refractivity contribution is 1.66. The largest absolute Gasteiger partial charge is 0.237 e. The van der Waals surface area contributed by atoms with Crippen molar-refractivity contribution in [1.29, 1.82) is 0 Å². The Balaban J connectivity index is 3.31. The first-order chi connectivity index (χ1) is 4.75. The van der Waals surface area contributed by atoms with Crippen molar-refractivity contribution in [3.63, 3.8) is 0 Å². The molecule has 10 heavy (non-hydrogen) atoms. The van der Waals surface area contributed by atoms with Crippen LogP contribution in [0.15, 0.2) is 22.7 Å². The quantitative estimate of drug-likeness (QED) is 0.583. The fraction of sp³-hybridized carbons (Fsp3) is 0. The third-order valence-corrected chi connectivity index (χ3v) is 2.43. The molecule has 50 valence electrons. The van der Waals surface area contributed by atoms with E-state index in [2.05, 4.69) is 20.8 Å². The van der Waals surface area contributed by atoms with Gasteiger partial charge < -0.3 is 0 Å². The Bertz CT molecular complexity index is 290. The maximum Gasteiger partial charge on any atom is 0.202 e. The van der Waals surface area contributed by atoms with Gasteiger partial charge in [-0.25, -0.2) is 4.85 Å². The first-order valence-corrected chi connectivity index (χ1v) is 3.74. The summed E-state index contributed by atoms with van der Waals surface area (Å²) in [5, 5.41) is 0.577. The Morgan fingerprint density at radius 3 is 2.70 bits per heavy atom. The van der Waals surface area contributed by atoms with Crippen molar-refractivity contribution in [1.82, 2.24) is 0 Å². The van der Waals surface area contributed by atoms with E-state index in [1.807, 2.05) is 0 Å². The van der Waals surface area contributed by atoms with Crippen LogP contribution < -0.4 is 0 Å². The van der Waals surface area contributed by atoms with Crippen molar-refractivity contribution >= 4 is 33.2 Å². The molecule has 1 nitrogen and oxygen atoms in total. The van der Waals surface area contributed by atoms with Crippen molar-refractivity contribution in [3.8, 4) is 0 Å². The summed E-state index contributed by atoms with van der Waals surface area (Å²) in [7, 11) is 0. The lowest BCUT2D eigenvalue weighted by atomic mass is 10.3. The molecule has 1 rings (SSSR count). The second kappa shape index (κ2) is 3.05. The molecule has 0 aliphatic carbocycles. The highest BCUT2D eigenvalue weighted by molar-refractivity contribution is 9.10. The van der Waals surface area contributed by atoms with E-state index < -0.39 is 0 Å². The molecule has 1 aromatic carbocycles. The fourth-order valence-electron chi connectivity index (χ4n) is 0.579. The summed E-state index contributed by atoms with van der Waals surface area (Å²) < 4.78 is 0.673. The van der Waals surface area contributed by atoms with Gasteiger partial charge in [0.15, 0.2) is 0 Å². The summed E-state index contributed by atoms with van der Waals surface area (Å²) in [4.78, 5) is 3.25. The van der Waals surface area contributed by atoms with Crippen LogP contribution in [0.25, 0.3) is 4.85 Å². The van der Waals surface area contributed by atoms with Gasteiger partial charge in [-0.15, -0.1) is 0 Å². The van der Waals surface area contributed by atoms with Gasteiger partial charge in [-0.05, 0) is 6.07 Å². The molecule has 0 atom stereocenters. The molecular weight excluding hydrogens is 213 g/mol. The minimum absolute atomic E-state index is 0.549. The molecule has 0 heterocycles. The standard InChI is InChI=1S/C7H3BrClN/c1-10-6-4-2-3-5(9)7(6)8/h2-4H. The average Bonchev–Trinajstić information content (AvgIpc) is 1.95. The van der Waals surface area contributed by atoms with Crippen molar-refractivity contribution in [3.05, 3.63) is 39.1 Å². The van der Waals surface area contributed by atoms with E-state index in [0.717, 1.165) is 0 Å². The van der Waals surface area contributed by atoms with E-state index in [0.29, 0.717) is 15.2 Å². The van der Waals surface area contributed by atoms with Gasteiger partial charge in [0.25, 0.3) is 0 Å². The molecule has 0 aliphatic heterocycles. The van der Waals surface area contributed by atoms with Crippen LogP contribution in [-0.2, 0) is 0 Å². The predicted octanol–water partition coefficient (Wildman–Crippen LogP) is 3.65. The molecule has 0 aromatic heterocycles. The molecule has 0 saturated heterocycles. The van der Waals surface area contributed by atoms with E-state index >= 15 is 0 Å². The van der Waals surface area contributed by atoms with Crippen LogP contribution in [-0.4, -0.2) is 0 Å². The zero-order chi connectivity index (χ0) is 7.56. The normalized spacial score (nSPS) is 8.90. The van der Waals surface area contributed by atoms with Gasteiger partial charge in [-0.3, -0.25) is 0 Å². The average molecular weight is 216 g/mol. The molecule has 3 heteroatoms. The van der Waals surface area contributed by atoms with E-state index in [4.69, 9.17) is 18.2 Å². The van der Waals surface area contributed by atoms with Crippen LogP contribution in [0.2, 0.25) is 5.02 Å². The van der Waals surface area contributed by atoms with Crippen LogP contribution >= 0.6 is 27.5 Å². The smallest absolute Gasteiger partial charge is 0.202 e. The number of hydrogen-bond acceptors (Lipinski definition) is 0. The lowest BCUT2D eigenvalue weighted by Gasteiger charge is -1.95. The Labute approximate surface area is 72.6 Å². The van der Waals surface area contributed by atoms with Crippen LogP contribution in [0.1, 0.15) is 0 Å². The van der Waals surface area contributed by atoms with Gasteiger partial charge in [0.05, 0.1) is 6.57 Å². The summed E-state index contributed by atoms with van der Waals surface area (Å²) in [6.07, 6.45) is 0. The molecule has 0 saturated carbocycles. The Kier molecular flexibility index (Phi) is 2.31. The first kappa shape index (κ1) is 7.59. The maximum absolute atomic E-state index is 6.72.